The molecule has 1 aliphatic rings. The van der Waals surface area contributed by atoms with Crippen molar-refractivity contribution in [2.75, 3.05) is 27.2 Å². The summed E-state index contributed by atoms with van der Waals surface area (Å²) in [7, 11) is 3.55. The van der Waals surface area contributed by atoms with Crippen LogP contribution < -0.4 is 5.11 Å². The first-order chi connectivity index (χ1) is 9.87. The quantitative estimate of drug-likeness (QED) is 0.328. The SMILES string of the molecule is CC(=O)[N+](C)(C)CCO.O=C([O-])C1(O)C[C@@H](O)C(O)[C@H](O)C1. The Balaban J connectivity index is 0.000000433. The number of hydrogen-bond acceptors (Lipinski definition) is 8. The van der Waals surface area contributed by atoms with Crippen LogP contribution in [0.3, 0.4) is 0 Å². The van der Waals surface area contributed by atoms with E-state index >= 15 is 0 Å². The van der Waals surface area contributed by atoms with Crippen molar-refractivity contribution in [3.63, 3.8) is 0 Å². The van der Waals surface area contributed by atoms with Gasteiger partial charge < -0.3 is 35.4 Å². The van der Waals surface area contributed by atoms with E-state index < -0.39 is 42.7 Å². The highest BCUT2D eigenvalue weighted by molar-refractivity contribution is 5.75. The molecule has 0 bridgehead atoms. The largest absolute Gasteiger partial charge is 0.547 e. The highest BCUT2D eigenvalue weighted by atomic mass is 16.4. The average Bonchev–Trinajstić information content (AvgIpc) is 2.36. The summed E-state index contributed by atoms with van der Waals surface area (Å²) in [5.41, 5.74) is -2.25. The number of carboxylic acid groups (broad SMARTS) is 1. The smallest absolute Gasteiger partial charge is 0.310 e. The molecule has 0 spiro atoms. The Morgan fingerprint density at radius 2 is 1.59 bits per heavy atom. The van der Waals surface area contributed by atoms with Crippen LogP contribution in [0, 0.1) is 0 Å². The number of carbonyl (C=O) groups excluding carboxylic acids is 2. The van der Waals surface area contributed by atoms with E-state index in [-0.39, 0.29) is 17.0 Å². The van der Waals surface area contributed by atoms with Gasteiger partial charge in [0.25, 0.3) is 0 Å². The highest BCUT2D eigenvalue weighted by Gasteiger charge is 2.44. The molecular weight excluding hydrogens is 298 g/mol. The Bertz CT molecular complexity index is 386. The minimum atomic E-state index is -2.25. The zero-order valence-corrected chi connectivity index (χ0v) is 13.0. The van der Waals surface area contributed by atoms with Gasteiger partial charge >= 0.3 is 5.91 Å². The van der Waals surface area contributed by atoms with Gasteiger partial charge in [-0.1, -0.05) is 0 Å². The van der Waals surface area contributed by atoms with E-state index in [9.17, 15) is 19.8 Å². The first-order valence-electron chi connectivity index (χ1n) is 6.80. The molecule has 0 unspecified atom stereocenters. The van der Waals surface area contributed by atoms with E-state index in [0.29, 0.717) is 6.54 Å². The van der Waals surface area contributed by atoms with E-state index in [4.69, 9.17) is 20.4 Å². The molecule has 2 atom stereocenters. The van der Waals surface area contributed by atoms with Crippen LogP contribution in [0.4, 0.5) is 0 Å². The number of likely N-dealkylation sites (N-methyl/N-ethyl adjacent to an activating group) is 1. The molecule has 130 valence electrons. The summed E-state index contributed by atoms with van der Waals surface area (Å²) in [6.45, 7) is 2.08. The summed E-state index contributed by atoms with van der Waals surface area (Å²) >= 11 is 0. The van der Waals surface area contributed by atoms with Gasteiger partial charge in [0, 0.05) is 12.8 Å². The van der Waals surface area contributed by atoms with E-state index in [2.05, 4.69) is 0 Å². The van der Waals surface area contributed by atoms with Crippen LogP contribution in [0.25, 0.3) is 0 Å². The predicted octanol–water partition coefficient (Wildman–Crippen LogP) is -4.05. The maximum atomic E-state index is 10.7. The standard InChI is InChI=1S/C7H12O6.C6H14NO2/c8-3-1-7(13,6(11)12)2-4(9)5(3)10;1-6(9)7(2,3)4-5-8/h3-5,8-10,13H,1-2H2,(H,11,12);8H,4-5H2,1-3H3/q;+1/p-1/t3-,4-,5?,7?;/m1./s1. The summed E-state index contributed by atoms with van der Waals surface area (Å²) in [6, 6.07) is 0. The summed E-state index contributed by atoms with van der Waals surface area (Å²) < 4.78 is 0.260. The number of carboxylic acids is 1. The minimum absolute atomic E-state index is 0.0621. The van der Waals surface area contributed by atoms with Gasteiger partial charge in [-0.05, 0) is 0 Å². The van der Waals surface area contributed by atoms with Crippen molar-refractivity contribution in [3.8, 4) is 0 Å². The second-order valence-corrected chi connectivity index (χ2v) is 6.00. The molecule has 1 aliphatic carbocycles. The molecule has 5 N–H and O–H groups in total. The first kappa shape index (κ1) is 20.9. The van der Waals surface area contributed by atoms with Gasteiger partial charge in [0.05, 0.1) is 45.8 Å². The van der Waals surface area contributed by atoms with Crippen LogP contribution in [0.5, 0.6) is 0 Å². The van der Waals surface area contributed by atoms with Crippen molar-refractivity contribution in [2.45, 2.75) is 43.7 Å². The predicted molar refractivity (Wildman–Crippen MR) is 72.0 cm³/mol. The van der Waals surface area contributed by atoms with Gasteiger partial charge in [0.1, 0.15) is 18.2 Å². The number of quaternary nitrogens is 1. The summed E-state index contributed by atoms with van der Waals surface area (Å²) in [5, 5.41) is 55.4. The molecule has 22 heavy (non-hydrogen) atoms. The van der Waals surface area contributed by atoms with Crippen LogP contribution in [-0.2, 0) is 9.59 Å². The second kappa shape index (κ2) is 7.95. The van der Waals surface area contributed by atoms with Crippen LogP contribution in [0.1, 0.15) is 19.8 Å². The Kier molecular flexibility index (Phi) is 7.55. The molecule has 1 amide bonds. The molecule has 0 heterocycles. The third-order valence-corrected chi connectivity index (χ3v) is 3.77. The fourth-order valence-electron chi connectivity index (χ4n) is 1.85. The van der Waals surface area contributed by atoms with Crippen molar-refractivity contribution in [1.82, 2.24) is 0 Å². The summed E-state index contributed by atoms with van der Waals surface area (Å²) in [5.74, 6) is -1.68. The fraction of sp³-hybridized carbons (Fsp3) is 0.846. The maximum Gasteiger partial charge on any atom is 0.310 e. The van der Waals surface area contributed by atoms with Gasteiger partial charge in [-0.3, -0.25) is 4.48 Å². The summed E-state index contributed by atoms with van der Waals surface area (Å²) in [6.07, 6.45) is -5.39. The zero-order valence-electron chi connectivity index (χ0n) is 13.0. The number of aliphatic hydroxyl groups is 5. The van der Waals surface area contributed by atoms with E-state index in [1.54, 1.807) is 14.1 Å². The molecule has 0 aliphatic heterocycles. The Labute approximate surface area is 128 Å². The number of amides is 1. The third-order valence-electron chi connectivity index (χ3n) is 3.77. The molecule has 1 saturated carbocycles. The van der Waals surface area contributed by atoms with Crippen molar-refractivity contribution in [3.05, 3.63) is 0 Å². The molecule has 0 aromatic heterocycles. The summed E-state index contributed by atoms with van der Waals surface area (Å²) in [4.78, 5) is 21.1. The van der Waals surface area contributed by atoms with E-state index in [1.807, 2.05) is 0 Å². The first-order valence-corrected chi connectivity index (χ1v) is 6.80. The number of rotatable bonds is 3. The number of carbonyl (C=O) groups is 2. The molecule has 1 rings (SSSR count). The molecular formula is C13H25NO8. The second-order valence-electron chi connectivity index (χ2n) is 6.00. The monoisotopic (exact) mass is 323 g/mol. The minimum Gasteiger partial charge on any atom is -0.547 e. The number of aliphatic hydroxyl groups excluding tert-OH is 4. The van der Waals surface area contributed by atoms with Crippen LogP contribution in [0.15, 0.2) is 0 Å². The van der Waals surface area contributed by atoms with Gasteiger partial charge in [-0.15, -0.1) is 0 Å². The van der Waals surface area contributed by atoms with Gasteiger partial charge in [0.15, 0.2) is 0 Å². The molecule has 9 nitrogen and oxygen atoms in total. The van der Waals surface area contributed by atoms with Crippen molar-refractivity contribution in [2.24, 2.45) is 0 Å². The molecule has 1 fully saturated rings. The normalized spacial score (nSPS) is 31.9. The fourth-order valence-corrected chi connectivity index (χ4v) is 1.85. The lowest BCUT2D eigenvalue weighted by Crippen LogP contribution is -2.59. The lowest BCUT2D eigenvalue weighted by molar-refractivity contribution is -0.813. The van der Waals surface area contributed by atoms with Crippen molar-refractivity contribution in [1.29, 1.82) is 0 Å². The van der Waals surface area contributed by atoms with Gasteiger partial charge in [-0.25, -0.2) is 4.79 Å². The van der Waals surface area contributed by atoms with Gasteiger partial charge in [0.2, 0.25) is 0 Å². The molecule has 0 saturated heterocycles. The molecule has 0 aromatic rings. The van der Waals surface area contributed by atoms with Crippen molar-refractivity contribution < 1.29 is 44.7 Å². The number of nitrogens with zero attached hydrogens (tertiary/aromatic N) is 1. The Hall–Kier alpha value is -1.10. The topological polar surface area (TPSA) is 158 Å². The highest BCUT2D eigenvalue weighted by Crippen LogP contribution is 2.28. The van der Waals surface area contributed by atoms with Crippen LogP contribution >= 0.6 is 0 Å². The number of aliphatic carboxylic acids is 1. The lowest BCUT2D eigenvalue weighted by Gasteiger charge is -2.40. The lowest BCUT2D eigenvalue weighted by atomic mass is 9.80. The van der Waals surface area contributed by atoms with Crippen molar-refractivity contribution >= 4 is 11.9 Å². The molecule has 9 heteroatoms. The molecule has 0 aromatic carbocycles. The maximum absolute atomic E-state index is 10.7. The Morgan fingerprint density at radius 3 is 1.82 bits per heavy atom. The number of hydrogen-bond donors (Lipinski definition) is 5. The van der Waals surface area contributed by atoms with Gasteiger partial charge in [-0.2, -0.15) is 0 Å². The zero-order chi connectivity index (χ0) is 17.7. The van der Waals surface area contributed by atoms with E-state index in [0.717, 1.165) is 0 Å². The van der Waals surface area contributed by atoms with Crippen LogP contribution in [-0.4, -0.2) is 93.1 Å². The Morgan fingerprint density at radius 1 is 1.18 bits per heavy atom. The molecule has 0 radical (unpaired) electrons. The van der Waals surface area contributed by atoms with Crippen LogP contribution in [0.2, 0.25) is 0 Å². The van der Waals surface area contributed by atoms with E-state index in [1.165, 1.54) is 6.92 Å². The average molecular weight is 323 g/mol. The third kappa shape index (κ3) is 5.59.